The van der Waals surface area contributed by atoms with Gasteiger partial charge in [0.15, 0.2) is 12.2 Å². The van der Waals surface area contributed by atoms with Crippen molar-refractivity contribution < 1.29 is 77.9 Å². The number of carbonyl (C=O) groups excluding carboxylic acids is 1. The van der Waals surface area contributed by atoms with E-state index in [2.05, 4.69) is 22.9 Å². The summed E-state index contributed by atoms with van der Waals surface area (Å²) in [4.78, 5) is 46.3. The number of rotatable bonds is 11. The first-order valence-corrected chi connectivity index (χ1v) is 19.9. The molecule has 6 rings (SSSR count). The van der Waals surface area contributed by atoms with Crippen molar-refractivity contribution in [3.8, 4) is 11.5 Å². The lowest BCUT2D eigenvalue weighted by molar-refractivity contribution is -0.272. The van der Waals surface area contributed by atoms with Crippen LogP contribution in [0.5, 0.6) is 11.5 Å². The molecular weight excluding hydrogens is 848 g/mol. The first kappa shape index (κ1) is 47.2. The third-order valence-electron chi connectivity index (χ3n) is 9.19. The van der Waals surface area contributed by atoms with Gasteiger partial charge in [0, 0.05) is 40.4 Å². The lowest BCUT2D eigenvalue weighted by Gasteiger charge is -2.39. The molecule has 18 nitrogen and oxygen atoms in total. The molecule has 4 unspecified atom stereocenters. The van der Waals surface area contributed by atoms with Gasteiger partial charge in [-0.15, -0.1) is 0 Å². The molecule has 324 valence electrons. The van der Waals surface area contributed by atoms with Gasteiger partial charge in [-0.3, -0.25) is 0 Å². The predicted molar refractivity (Wildman–Crippen MR) is 211 cm³/mol. The number of carbonyl (C=O) groups is 2. The van der Waals surface area contributed by atoms with Crippen molar-refractivity contribution in [1.29, 1.82) is 0 Å². The van der Waals surface area contributed by atoms with E-state index in [1.165, 1.54) is 43.2 Å². The topological polar surface area (TPSA) is 282 Å². The molecule has 2 aromatic carbocycles. The molecule has 2 fully saturated rings. The zero-order chi connectivity index (χ0) is 43.6. The van der Waals surface area contributed by atoms with Gasteiger partial charge < -0.3 is 68.3 Å². The number of carboxylic acids is 1. The summed E-state index contributed by atoms with van der Waals surface area (Å²) in [5.74, 6) is -2.06. The van der Waals surface area contributed by atoms with E-state index in [0.717, 1.165) is 17.3 Å². The fourth-order valence-electron chi connectivity index (χ4n) is 5.85. The number of aryl methyl sites for hydroxylation is 2. The highest BCUT2D eigenvalue weighted by molar-refractivity contribution is 9.09. The van der Waals surface area contributed by atoms with E-state index < -0.39 is 84.6 Å². The number of carboxylic acid groups (broad SMARTS) is 1. The minimum absolute atomic E-state index is 0.123. The maximum Gasteiger partial charge on any atom is 0.338 e. The molecule has 2 aromatic heterocycles. The summed E-state index contributed by atoms with van der Waals surface area (Å²) in [5, 5.41) is 71.3. The Balaban J connectivity index is 0.000000236. The average molecular weight is 898 g/mol. The Morgan fingerprint density at radius 3 is 1.49 bits per heavy atom. The second-order valence-corrected chi connectivity index (χ2v) is 14.5. The van der Waals surface area contributed by atoms with Crippen LogP contribution in [0.1, 0.15) is 50.7 Å². The summed E-state index contributed by atoms with van der Waals surface area (Å²) >= 11 is 3.31. The van der Waals surface area contributed by atoms with E-state index in [1.807, 2.05) is 6.92 Å². The molecule has 0 aliphatic carbocycles. The molecule has 0 radical (unpaired) electrons. The maximum atomic E-state index is 12.2. The van der Waals surface area contributed by atoms with Crippen molar-refractivity contribution in [3.63, 3.8) is 0 Å². The number of benzene rings is 2. The van der Waals surface area contributed by atoms with Crippen LogP contribution in [0.3, 0.4) is 0 Å². The SMILES string of the molecule is CCCCBr.CCCCOC(=O)C1O[C@@H](Oc2ccc3c(C)cc(=O)oc3c2)C(O)[C@H](O)[C@@H]1O.Cc1cc(=O)oc2cc(O[C@@H]3OC(C(=O)O)[C@@H](O)[C@@H](O)C3O)ccc12. The van der Waals surface area contributed by atoms with Crippen molar-refractivity contribution >= 4 is 49.8 Å². The lowest BCUT2D eigenvalue weighted by atomic mass is 9.99. The molecular formula is C40H49BrO18. The van der Waals surface area contributed by atoms with Crippen molar-refractivity contribution in [3.05, 3.63) is 80.5 Å². The Bertz CT molecular complexity index is 2130. The van der Waals surface area contributed by atoms with Gasteiger partial charge in [0.25, 0.3) is 0 Å². The Morgan fingerprint density at radius 2 is 1.08 bits per heavy atom. The Kier molecular flexibility index (Phi) is 17.4. The molecule has 2 aliphatic heterocycles. The van der Waals surface area contributed by atoms with Gasteiger partial charge in [0.05, 0.1) is 6.61 Å². The summed E-state index contributed by atoms with van der Waals surface area (Å²) in [6.45, 7) is 7.76. The molecule has 0 amide bonds. The van der Waals surface area contributed by atoms with Crippen molar-refractivity contribution in [1.82, 2.24) is 0 Å². The Hall–Kier alpha value is -4.44. The summed E-state index contributed by atoms with van der Waals surface area (Å²) in [6, 6.07) is 11.9. The van der Waals surface area contributed by atoms with E-state index in [0.29, 0.717) is 22.8 Å². The number of fused-ring (bicyclic) bond motifs is 2. The van der Waals surface area contributed by atoms with Crippen molar-refractivity contribution in [2.75, 3.05) is 11.9 Å². The van der Waals surface area contributed by atoms with Gasteiger partial charge in [-0.2, -0.15) is 0 Å². The second-order valence-electron chi connectivity index (χ2n) is 13.7. The molecule has 7 N–H and O–H groups in total. The minimum atomic E-state index is -1.80. The van der Waals surface area contributed by atoms with Gasteiger partial charge in [-0.1, -0.05) is 42.6 Å². The Labute approximate surface area is 345 Å². The van der Waals surface area contributed by atoms with E-state index >= 15 is 0 Å². The number of aliphatic hydroxyl groups is 6. The van der Waals surface area contributed by atoms with Gasteiger partial charge >= 0.3 is 23.2 Å². The number of hydrogen-bond donors (Lipinski definition) is 7. The fraction of sp³-hybridized carbons (Fsp3) is 0.500. The monoisotopic (exact) mass is 896 g/mol. The van der Waals surface area contributed by atoms with Crippen molar-refractivity contribution in [2.24, 2.45) is 0 Å². The first-order chi connectivity index (χ1) is 28.0. The molecule has 0 spiro atoms. The van der Waals surface area contributed by atoms with E-state index in [4.69, 9.17) is 37.6 Å². The number of ether oxygens (including phenoxy) is 5. The third kappa shape index (κ3) is 12.1. The zero-order valence-corrected chi connectivity index (χ0v) is 34.2. The number of hydrogen-bond acceptors (Lipinski definition) is 17. The first-order valence-electron chi connectivity index (χ1n) is 18.8. The third-order valence-corrected chi connectivity index (χ3v) is 9.76. The normalized spacial score (nSPS) is 26.5. The zero-order valence-electron chi connectivity index (χ0n) is 32.6. The summed E-state index contributed by atoms with van der Waals surface area (Å²) < 4.78 is 36.6. The number of alkyl halides is 1. The van der Waals surface area contributed by atoms with Gasteiger partial charge in [-0.25, -0.2) is 19.2 Å². The second kappa shape index (κ2) is 21.7. The van der Waals surface area contributed by atoms with E-state index in [1.54, 1.807) is 32.0 Å². The summed E-state index contributed by atoms with van der Waals surface area (Å²) in [5.41, 5.74) is 0.883. The quantitative estimate of drug-likeness (QED) is 0.0492. The smallest absolute Gasteiger partial charge is 0.338 e. The largest absolute Gasteiger partial charge is 0.479 e. The number of unbranched alkanes of at least 4 members (excludes halogenated alkanes) is 2. The number of esters is 1. The molecule has 10 atom stereocenters. The van der Waals surface area contributed by atoms with Crippen LogP contribution in [0, 0.1) is 13.8 Å². The van der Waals surface area contributed by atoms with Gasteiger partial charge in [0.1, 0.15) is 59.3 Å². The van der Waals surface area contributed by atoms with Crippen LogP contribution in [0.4, 0.5) is 0 Å². The molecule has 19 heteroatoms. The van der Waals surface area contributed by atoms with Gasteiger partial charge in [0.2, 0.25) is 12.6 Å². The van der Waals surface area contributed by atoms with E-state index in [9.17, 15) is 49.8 Å². The number of aliphatic carboxylic acids is 1. The van der Waals surface area contributed by atoms with Crippen LogP contribution in [0.2, 0.25) is 0 Å². The molecule has 2 aliphatic rings. The van der Waals surface area contributed by atoms with Gasteiger partial charge in [-0.05, 0) is 62.1 Å². The van der Waals surface area contributed by atoms with Crippen LogP contribution in [0.15, 0.2) is 67.0 Å². The highest BCUT2D eigenvalue weighted by Gasteiger charge is 2.49. The molecule has 59 heavy (non-hydrogen) atoms. The van der Waals surface area contributed by atoms with Crippen LogP contribution in [-0.2, 0) is 23.8 Å². The van der Waals surface area contributed by atoms with Crippen LogP contribution in [0.25, 0.3) is 21.9 Å². The van der Waals surface area contributed by atoms with E-state index in [-0.39, 0.29) is 29.3 Å². The highest BCUT2D eigenvalue weighted by atomic mass is 79.9. The van der Waals surface area contributed by atoms with Crippen LogP contribution in [-0.4, -0.2) is 121 Å². The molecule has 0 saturated carbocycles. The molecule has 2 saturated heterocycles. The highest BCUT2D eigenvalue weighted by Crippen LogP contribution is 2.29. The standard InChI is InChI=1S/C20H24O9.C16H16O9.C4H9Br/c1-3-4-7-26-19(25)18-16(23)15(22)17(24)20(29-18)27-11-5-6-12-10(2)8-14(21)28-13(12)9-11;1-6-4-10(17)24-9-5-7(2-3-8(6)9)23-16-13(20)11(18)12(19)14(25-16)15(21)22;1-2-3-4-5/h5-6,8-9,15-18,20,22-24H,3-4,7H2,1-2H3;2-5,11-14,16,18-20H,1H3,(H,21,22);2-4H2,1H3/t15-,16+,17?,18?,20-;11-,12+,13?,14?,16-;/m11./s1. The number of aliphatic hydroxyl groups excluding tert-OH is 6. The summed E-state index contributed by atoms with van der Waals surface area (Å²) in [7, 11) is 0. The lowest BCUT2D eigenvalue weighted by Crippen LogP contribution is -2.61. The number of halogens is 1. The fourth-order valence-corrected chi connectivity index (χ4v) is 6.41. The minimum Gasteiger partial charge on any atom is -0.479 e. The van der Waals surface area contributed by atoms with Crippen molar-refractivity contribution in [2.45, 2.75) is 115 Å². The summed E-state index contributed by atoms with van der Waals surface area (Å²) in [6.07, 6.45) is -12.4. The molecule has 4 heterocycles. The van der Waals surface area contributed by atoms with Crippen LogP contribution < -0.4 is 20.7 Å². The average Bonchev–Trinajstić information content (AvgIpc) is 3.18. The molecule has 4 aromatic rings. The molecule has 0 bridgehead atoms. The predicted octanol–water partition coefficient (Wildman–Crippen LogP) is 2.18. The van der Waals surface area contributed by atoms with Crippen LogP contribution >= 0.6 is 15.9 Å². The maximum absolute atomic E-state index is 12.2. The Morgan fingerprint density at radius 1 is 0.644 bits per heavy atom.